The molecular formula is C12H15ClN2O2S. The van der Waals surface area contributed by atoms with Crippen molar-refractivity contribution >= 4 is 27.3 Å². The summed E-state index contributed by atoms with van der Waals surface area (Å²) in [5.41, 5.74) is 2.05. The zero-order valence-corrected chi connectivity index (χ0v) is 11.4. The molecule has 0 aromatic heterocycles. The summed E-state index contributed by atoms with van der Waals surface area (Å²) in [6.45, 7) is 4.36. The van der Waals surface area contributed by atoms with Gasteiger partial charge in [-0.1, -0.05) is 24.2 Å². The molecular weight excluding hydrogens is 272 g/mol. The van der Waals surface area contributed by atoms with Crippen LogP contribution in [-0.4, -0.2) is 21.5 Å². The smallest absolute Gasteiger partial charge is 0.240 e. The van der Waals surface area contributed by atoms with Gasteiger partial charge in [-0.2, -0.15) is 0 Å². The van der Waals surface area contributed by atoms with Gasteiger partial charge in [-0.3, -0.25) is 0 Å². The van der Waals surface area contributed by atoms with Crippen molar-refractivity contribution in [1.82, 2.24) is 4.72 Å². The number of hydrogen-bond acceptors (Lipinski definition) is 3. The van der Waals surface area contributed by atoms with Gasteiger partial charge in [0.05, 0.1) is 4.90 Å². The maximum Gasteiger partial charge on any atom is 0.240 e. The summed E-state index contributed by atoms with van der Waals surface area (Å²) in [4.78, 5) is 0.244. The number of sulfonamides is 1. The first-order valence-electron chi connectivity index (χ1n) is 5.69. The molecule has 1 aromatic carbocycles. The van der Waals surface area contributed by atoms with E-state index in [0.29, 0.717) is 0 Å². The van der Waals surface area contributed by atoms with Crippen LogP contribution in [0.4, 0.5) is 5.69 Å². The van der Waals surface area contributed by atoms with Crippen LogP contribution in [0.3, 0.4) is 0 Å². The fraction of sp³-hybridized carbons (Fsp3) is 0.333. The predicted octanol–water partition coefficient (Wildman–Crippen LogP) is 2.08. The maximum atomic E-state index is 12.0. The fourth-order valence-electron chi connectivity index (χ4n) is 1.86. The van der Waals surface area contributed by atoms with E-state index in [0.717, 1.165) is 30.6 Å². The minimum Gasteiger partial charge on any atom is -0.385 e. The number of anilines is 1. The number of benzene rings is 1. The Morgan fingerprint density at radius 2 is 2.28 bits per heavy atom. The lowest BCUT2D eigenvalue weighted by molar-refractivity contribution is 0.585. The van der Waals surface area contributed by atoms with Crippen LogP contribution >= 0.6 is 11.6 Å². The molecule has 0 amide bonds. The van der Waals surface area contributed by atoms with Gasteiger partial charge >= 0.3 is 0 Å². The Morgan fingerprint density at radius 1 is 1.50 bits per heavy atom. The minimum absolute atomic E-state index is 0.0361. The van der Waals surface area contributed by atoms with Crippen molar-refractivity contribution in [3.8, 4) is 0 Å². The Labute approximate surface area is 112 Å². The summed E-state index contributed by atoms with van der Waals surface area (Å²) in [5, 5.41) is 3.46. The second-order valence-electron chi connectivity index (χ2n) is 4.19. The van der Waals surface area contributed by atoms with E-state index in [9.17, 15) is 8.42 Å². The van der Waals surface area contributed by atoms with Crippen LogP contribution < -0.4 is 10.0 Å². The van der Waals surface area contributed by atoms with Gasteiger partial charge in [0.2, 0.25) is 10.0 Å². The van der Waals surface area contributed by atoms with E-state index in [4.69, 9.17) is 11.6 Å². The highest BCUT2D eigenvalue weighted by Gasteiger charge is 2.17. The van der Waals surface area contributed by atoms with Crippen molar-refractivity contribution < 1.29 is 8.42 Å². The summed E-state index contributed by atoms with van der Waals surface area (Å²) in [6.07, 6.45) is 2.05. The van der Waals surface area contributed by atoms with E-state index < -0.39 is 10.0 Å². The van der Waals surface area contributed by atoms with Gasteiger partial charge in [0.15, 0.2) is 0 Å². The summed E-state index contributed by atoms with van der Waals surface area (Å²) in [6, 6.07) is 5.13. The van der Waals surface area contributed by atoms with E-state index in [1.165, 1.54) is 0 Å². The standard InChI is InChI=1S/C12H15ClN2O2S/c1-9(13)8-15-18(16,17)11-5-4-10-3-2-6-14-12(10)7-11/h4-5,7,14-15H,1-3,6,8H2. The fourth-order valence-corrected chi connectivity index (χ4v) is 3.06. The second kappa shape index (κ2) is 5.30. The van der Waals surface area contributed by atoms with E-state index in [1.807, 2.05) is 6.07 Å². The average molecular weight is 287 g/mol. The zero-order chi connectivity index (χ0) is 13.2. The number of rotatable bonds is 4. The van der Waals surface area contributed by atoms with Crippen molar-refractivity contribution in [1.29, 1.82) is 0 Å². The molecule has 98 valence electrons. The SMILES string of the molecule is C=C(Cl)CNS(=O)(=O)c1ccc2c(c1)NCCC2. The van der Waals surface area contributed by atoms with Crippen LogP contribution in [0.15, 0.2) is 34.7 Å². The summed E-state index contributed by atoms with van der Waals surface area (Å²) in [7, 11) is -3.52. The summed E-state index contributed by atoms with van der Waals surface area (Å²) >= 11 is 5.55. The van der Waals surface area contributed by atoms with E-state index >= 15 is 0 Å². The number of halogens is 1. The van der Waals surface area contributed by atoms with Crippen molar-refractivity contribution in [2.24, 2.45) is 0 Å². The first-order valence-corrected chi connectivity index (χ1v) is 7.55. The molecule has 0 aliphatic carbocycles. The van der Waals surface area contributed by atoms with Crippen molar-refractivity contribution in [3.63, 3.8) is 0 Å². The topological polar surface area (TPSA) is 58.2 Å². The minimum atomic E-state index is -3.52. The van der Waals surface area contributed by atoms with Crippen LogP contribution in [0.5, 0.6) is 0 Å². The van der Waals surface area contributed by atoms with Gasteiger partial charge in [-0.25, -0.2) is 13.1 Å². The Bertz CT molecular complexity index is 569. The zero-order valence-electron chi connectivity index (χ0n) is 9.87. The first kappa shape index (κ1) is 13.4. The molecule has 18 heavy (non-hydrogen) atoms. The van der Waals surface area contributed by atoms with Crippen molar-refractivity contribution in [3.05, 3.63) is 35.4 Å². The van der Waals surface area contributed by atoms with Gasteiger partial charge < -0.3 is 5.32 Å². The van der Waals surface area contributed by atoms with E-state index in [-0.39, 0.29) is 16.5 Å². The quantitative estimate of drug-likeness (QED) is 0.891. The molecule has 4 nitrogen and oxygen atoms in total. The molecule has 1 aromatic rings. The highest BCUT2D eigenvalue weighted by molar-refractivity contribution is 7.89. The Hall–Kier alpha value is -1.04. The third kappa shape index (κ3) is 3.04. The number of fused-ring (bicyclic) bond motifs is 1. The van der Waals surface area contributed by atoms with Crippen LogP contribution in [0.1, 0.15) is 12.0 Å². The molecule has 0 saturated heterocycles. The lowest BCUT2D eigenvalue weighted by atomic mass is 10.0. The van der Waals surface area contributed by atoms with Gasteiger partial charge in [0, 0.05) is 23.8 Å². The third-order valence-electron chi connectivity index (χ3n) is 2.78. The maximum absolute atomic E-state index is 12.0. The van der Waals surface area contributed by atoms with Crippen LogP contribution in [-0.2, 0) is 16.4 Å². The molecule has 0 atom stereocenters. The van der Waals surface area contributed by atoms with Gasteiger partial charge in [0.25, 0.3) is 0 Å². The van der Waals surface area contributed by atoms with Gasteiger partial charge in [0.1, 0.15) is 0 Å². The molecule has 1 heterocycles. The van der Waals surface area contributed by atoms with Gasteiger partial charge in [-0.05, 0) is 30.5 Å². The number of hydrogen-bond donors (Lipinski definition) is 2. The molecule has 6 heteroatoms. The van der Waals surface area contributed by atoms with Crippen molar-refractivity contribution in [2.75, 3.05) is 18.4 Å². The predicted molar refractivity (Wildman–Crippen MR) is 73.4 cm³/mol. The van der Waals surface area contributed by atoms with Crippen LogP contribution in [0.25, 0.3) is 0 Å². The highest BCUT2D eigenvalue weighted by Crippen LogP contribution is 2.25. The Morgan fingerprint density at radius 3 is 3.00 bits per heavy atom. The average Bonchev–Trinajstić information content (AvgIpc) is 2.36. The lowest BCUT2D eigenvalue weighted by Gasteiger charge is -2.18. The van der Waals surface area contributed by atoms with Crippen LogP contribution in [0, 0.1) is 0 Å². The van der Waals surface area contributed by atoms with Crippen molar-refractivity contribution in [2.45, 2.75) is 17.7 Å². The highest BCUT2D eigenvalue weighted by atomic mass is 35.5. The summed E-state index contributed by atoms with van der Waals surface area (Å²) in [5.74, 6) is 0. The number of aryl methyl sites for hydroxylation is 1. The third-order valence-corrected chi connectivity index (χ3v) is 4.32. The molecule has 1 aliphatic heterocycles. The molecule has 1 aliphatic rings. The number of nitrogens with one attached hydrogen (secondary N) is 2. The summed E-state index contributed by atoms with van der Waals surface area (Å²) < 4.78 is 26.4. The lowest BCUT2D eigenvalue weighted by Crippen LogP contribution is -2.25. The molecule has 0 fully saturated rings. The largest absolute Gasteiger partial charge is 0.385 e. The molecule has 2 rings (SSSR count). The first-order chi connectivity index (χ1) is 8.49. The second-order valence-corrected chi connectivity index (χ2v) is 6.49. The Kier molecular flexibility index (Phi) is 3.94. The monoisotopic (exact) mass is 286 g/mol. The molecule has 0 unspecified atom stereocenters. The van der Waals surface area contributed by atoms with Crippen LogP contribution in [0.2, 0.25) is 0 Å². The molecule has 0 spiro atoms. The Balaban J connectivity index is 2.25. The van der Waals surface area contributed by atoms with Gasteiger partial charge in [-0.15, -0.1) is 0 Å². The van der Waals surface area contributed by atoms with E-state index in [1.54, 1.807) is 12.1 Å². The molecule has 0 saturated carbocycles. The molecule has 0 radical (unpaired) electrons. The molecule has 0 bridgehead atoms. The normalized spacial score (nSPS) is 14.7. The molecule has 2 N–H and O–H groups in total. The van der Waals surface area contributed by atoms with E-state index in [2.05, 4.69) is 16.6 Å².